The van der Waals surface area contributed by atoms with Gasteiger partial charge in [-0.2, -0.15) is 5.26 Å². The van der Waals surface area contributed by atoms with Gasteiger partial charge in [0.1, 0.15) is 4.75 Å². The summed E-state index contributed by atoms with van der Waals surface area (Å²) in [5.74, 6) is 0.229. The van der Waals surface area contributed by atoms with Crippen molar-refractivity contribution in [3.8, 4) is 6.07 Å². The Morgan fingerprint density at radius 3 is 2.75 bits per heavy atom. The molecule has 2 saturated heterocycles. The van der Waals surface area contributed by atoms with Crippen LogP contribution in [0.4, 0.5) is 0 Å². The summed E-state index contributed by atoms with van der Waals surface area (Å²) in [5, 5.41) is 9.25. The van der Waals surface area contributed by atoms with Crippen LogP contribution in [-0.2, 0) is 9.53 Å². The molecule has 0 aromatic carbocycles. The number of hydrogen-bond acceptors (Lipinski definition) is 4. The zero-order chi connectivity index (χ0) is 14.4. The maximum atomic E-state index is 12.2. The Morgan fingerprint density at radius 1 is 1.45 bits per heavy atom. The van der Waals surface area contributed by atoms with Crippen LogP contribution in [-0.4, -0.2) is 47.6 Å². The zero-order valence-electron chi connectivity index (χ0n) is 12.3. The van der Waals surface area contributed by atoms with Crippen LogP contribution in [0.1, 0.15) is 44.9 Å². The second-order valence-corrected chi connectivity index (χ2v) is 6.91. The molecule has 0 N–H and O–H groups in total. The van der Waals surface area contributed by atoms with Gasteiger partial charge >= 0.3 is 0 Å². The number of nitrogens with zero attached hydrogens (tertiary/aromatic N) is 2. The maximum absolute atomic E-state index is 12.2. The fourth-order valence-corrected chi connectivity index (χ4v) is 3.64. The number of ether oxygens (including phenoxy) is 1. The molecule has 0 radical (unpaired) electrons. The second kappa shape index (κ2) is 7.33. The van der Waals surface area contributed by atoms with Gasteiger partial charge in [-0.3, -0.25) is 4.79 Å². The van der Waals surface area contributed by atoms with E-state index in [9.17, 15) is 10.1 Å². The second-order valence-electron chi connectivity index (χ2n) is 5.72. The predicted molar refractivity (Wildman–Crippen MR) is 80.5 cm³/mol. The fraction of sp³-hybridized carbons (Fsp3) is 0.867. The van der Waals surface area contributed by atoms with Crippen molar-refractivity contribution in [1.82, 2.24) is 4.90 Å². The van der Waals surface area contributed by atoms with Crippen LogP contribution in [0.5, 0.6) is 0 Å². The SMILES string of the molecule is CSC1(C#N)CCN(C(=O)CCC2CCCCO2)CC1. The standard InChI is InChI=1S/C15H24N2O2S/c1-20-15(12-16)7-9-17(10-8-15)14(18)6-5-13-4-2-3-11-19-13/h13H,2-11H2,1H3. The Morgan fingerprint density at radius 2 is 2.20 bits per heavy atom. The molecule has 2 rings (SSSR count). The monoisotopic (exact) mass is 296 g/mol. The first-order valence-corrected chi connectivity index (χ1v) is 8.77. The van der Waals surface area contributed by atoms with Crippen LogP contribution >= 0.6 is 11.8 Å². The van der Waals surface area contributed by atoms with Crippen molar-refractivity contribution in [3.05, 3.63) is 0 Å². The molecule has 2 heterocycles. The topological polar surface area (TPSA) is 53.3 Å². The molecule has 1 unspecified atom stereocenters. The highest BCUT2D eigenvalue weighted by atomic mass is 32.2. The number of carbonyl (C=O) groups is 1. The minimum atomic E-state index is -0.275. The third kappa shape index (κ3) is 3.89. The molecule has 2 aliphatic rings. The van der Waals surface area contributed by atoms with Gasteiger partial charge in [0.2, 0.25) is 5.91 Å². The zero-order valence-corrected chi connectivity index (χ0v) is 13.1. The molecule has 20 heavy (non-hydrogen) atoms. The largest absolute Gasteiger partial charge is 0.378 e. The summed E-state index contributed by atoms with van der Waals surface area (Å²) in [5.41, 5.74) is 0. The van der Waals surface area contributed by atoms with Crippen molar-refractivity contribution in [3.63, 3.8) is 0 Å². The van der Waals surface area contributed by atoms with Crippen LogP contribution in [0.25, 0.3) is 0 Å². The van der Waals surface area contributed by atoms with Gasteiger partial charge < -0.3 is 9.64 Å². The Labute approximate surface area is 125 Å². The van der Waals surface area contributed by atoms with Crippen molar-refractivity contribution < 1.29 is 9.53 Å². The lowest BCUT2D eigenvalue weighted by molar-refractivity contribution is -0.133. The predicted octanol–water partition coefficient (Wildman–Crippen LogP) is 2.58. The molecular formula is C15H24N2O2S. The number of piperidine rings is 1. The third-order valence-electron chi connectivity index (χ3n) is 4.47. The van der Waals surface area contributed by atoms with E-state index in [0.717, 1.165) is 51.8 Å². The Hall–Kier alpha value is -0.730. The van der Waals surface area contributed by atoms with Crippen LogP contribution < -0.4 is 0 Å². The molecule has 112 valence electrons. The third-order valence-corrected chi connectivity index (χ3v) is 5.75. The average Bonchev–Trinajstić information content (AvgIpc) is 2.53. The molecule has 0 aliphatic carbocycles. The fourth-order valence-electron chi connectivity index (χ4n) is 2.96. The van der Waals surface area contributed by atoms with E-state index in [2.05, 4.69) is 6.07 Å². The first kappa shape index (κ1) is 15.7. The number of nitriles is 1. The summed E-state index contributed by atoms with van der Waals surface area (Å²) >= 11 is 1.62. The van der Waals surface area contributed by atoms with Gasteiger partial charge in [-0.05, 0) is 44.8 Å². The van der Waals surface area contributed by atoms with Gasteiger partial charge in [-0.25, -0.2) is 0 Å². The molecule has 1 atom stereocenters. The normalized spacial score (nSPS) is 26.0. The molecular weight excluding hydrogens is 272 g/mol. The summed E-state index contributed by atoms with van der Waals surface area (Å²) in [6, 6.07) is 2.42. The highest BCUT2D eigenvalue weighted by molar-refractivity contribution is 8.00. The number of amides is 1. The maximum Gasteiger partial charge on any atom is 0.222 e. The minimum Gasteiger partial charge on any atom is -0.378 e. The number of carbonyl (C=O) groups excluding carboxylic acids is 1. The van der Waals surface area contributed by atoms with E-state index in [1.165, 1.54) is 6.42 Å². The van der Waals surface area contributed by atoms with Crippen LogP contribution in [0.15, 0.2) is 0 Å². The van der Waals surface area contributed by atoms with E-state index in [0.29, 0.717) is 6.42 Å². The van der Waals surface area contributed by atoms with Gasteiger partial charge in [0, 0.05) is 26.1 Å². The number of thioether (sulfide) groups is 1. The number of hydrogen-bond donors (Lipinski definition) is 0. The van der Waals surface area contributed by atoms with Gasteiger partial charge in [0.15, 0.2) is 0 Å². The highest BCUT2D eigenvalue weighted by Crippen LogP contribution is 2.34. The van der Waals surface area contributed by atoms with Crippen molar-refractivity contribution in [2.45, 2.75) is 55.8 Å². The smallest absolute Gasteiger partial charge is 0.222 e. The molecule has 0 aromatic rings. The molecule has 4 nitrogen and oxygen atoms in total. The van der Waals surface area contributed by atoms with Crippen molar-refractivity contribution in [2.24, 2.45) is 0 Å². The lowest BCUT2D eigenvalue weighted by Gasteiger charge is -2.36. The van der Waals surface area contributed by atoms with E-state index in [1.807, 2.05) is 11.2 Å². The Bertz CT molecular complexity index is 367. The van der Waals surface area contributed by atoms with Crippen LogP contribution in [0, 0.1) is 11.3 Å². The summed E-state index contributed by atoms with van der Waals surface area (Å²) in [7, 11) is 0. The van der Waals surface area contributed by atoms with Gasteiger partial charge in [0.05, 0.1) is 12.2 Å². The molecule has 1 amide bonds. The van der Waals surface area contributed by atoms with E-state index in [-0.39, 0.29) is 16.8 Å². The average molecular weight is 296 g/mol. The van der Waals surface area contributed by atoms with Gasteiger partial charge in [0.25, 0.3) is 0 Å². The van der Waals surface area contributed by atoms with Crippen molar-refractivity contribution in [1.29, 1.82) is 5.26 Å². The summed E-state index contributed by atoms with van der Waals surface area (Å²) in [6.07, 6.45) is 8.75. The van der Waals surface area contributed by atoms with Crippen LogP contribution in [0.2, 0.25) is 0 Å². The number of rotatable bonds is 4. The van der Waals surface area contributed by atoms with Crippen LogP contribution in [0.3, 0.4) is 0 Å². The Balaban J connectivity index is 1.73. The summed E-state index contributed by atoms with van der Waals surface area (Å²) in [4.78, 5) is 14.1. The molecule has 0 spiro atoms. The molecule has 2 fully saturated rings. The summed E-state index contributed by atoms with van der Waals surface area (Å²) in [6.45, 7) is 2.29. The van der Waals surface area contributed by atoms with E-state index >= 15 is 0 Å². The first-order chi connectivity index (χ1) is 9.69. The quantitative estimate of drug-likeness (QED) is 0.800. The first-order valence-electron chi connectivity index (χ1n) is 7.55. The molecule has 0 aromatic heterocycles. The lowest BCUT2D eigenvalue weighted by atomic mass is 9.96. The minimum absolute atomic E-state index is 0.229. The Kier molecular flexibility index (Phi) is 5.74. The molecule has 0 bridgehead atoms. The number of likely N-dealkylation sites (tertiary alicyclic amines) is 1. The highest BCUT2D eigenvalue weighted by Gasteiger charge is 2.35. The van der Waals surface area contributed by atoms with E-state index in [4.69, 9.17) is 4.74 Å². The molecule has 0 saturated carbocycles. The van der Waals surface area contributed by atoms with Gasteiger partial charge in [-0.15, -0.1) is 11.8 Å². The van der Waals surface area contributed by atoms with E-state index < -0.39 is 0 Å². The van der Waals surface area contributed by atoms with E-state index in [1.54, 1.807) is 11.8 Å². The molecule has 5 heteroatoms. The summed E-state index contributed by atoms with van der Waals surface area (Å²) < 4.78 is 5.39. The van der Waals surface area contributed by atoms with Crippen molar-refractivity contribution in [2.75, 3.05) is 26.0 Å². The molecule has 2 aliphatic heterocycles. The van der Waals surface area contributed by atoms with Crippen molar-refractivity contribution >= 4 is 17.7 Å². The lowest BCUT2D eigenvalue weighted by Crippen LogP contribution is -2.44. The van der Waals surface area contributed by atoms with Gasteiger partial charge in [-0.1, -0.05) is 0 Å².